The molecule has 0 radical (unpaired) electrons. The molecule has 6 heterocycles. The first-order chi connectivity index (χ1) is 30.7. The molecule has 3 aromatic carbocycles. The zero-order valence-electron chi connectivity index (χ0n) is 35.8. The van der Waals surface area contributed by atoms with Gasteiger partial charge in [-0.05, 0) is 84.3 Å². The molecule has 1 saturated heterocycles. The second kappa shape index (κ2) is 16.0. The van der Waals surface area contributed by atoms with Crippen LogP contribution in [0.2, 0.25) is 0 Å². The Morgan fingerprint density at radius 2 is 1.64 bits per heavy atom. The Bertz CT molecular complexity index is 3020. The lowest BCUT2D eigenvalue weighted by molar-refractivity contribution is -0.173. The number of hydrogen-bond donors (Lipinski definition) is 4. The van der Waals surface area contributed by atoms with Crippen molar-refractivity contribution in [1.29, 1.82) is 0 Å². The van der Waals surface area contributed by atoms with Crippen molar-refractivity contribution >= 4 is 28.9 Å². The second-order valence-corrected chi connectivity index (χ2v) is 16.7. The first kappa shape index (κ1) is 41.9. The van der Waals surface area contributed by atoms with Gasteiger partial charge in [0, 0.05) is 55.2 Å². The molecule has 3 aliphatic rings. The Morgan fingerprint density at radius 3 is 2.34 bits per heavy atom. The van der Waals surface area contributed by atoms with Gasteiger partial charge in [0.15, 0.2) is 5.82 Å². The number of amides is 2. The molecule has 330 valence electrons. The number of piperazine rings is 1. The van der Waals surface area contributed by atoms with E-state index >= 15 is 0 Å². The summed E-state index contributed by atoms with van der Waals surface area (Å²) in [5.41, 5.74) is 3.50. The Labute approximate surface area is 366 Å². The number of phenolic OH excluding ortho intramolecular Hbond substituents is 3. The molecule has 6 aromatic rings. The van der Waals surface area contributed by atoms with Crippen LogP contribution in [0.25, 0.3) is 39.4 Å². The third-order valence-electron chi connectivity index (χ3n) is 12.8. The number of rotatable bonds is 9. The number of hydrogen-bond acceptors (Lipinski definition) is 12. The lowest BCUT2D eigenvalue weighted by Crippen LogP contribution is -2.54. The number of nitrogens with one attached hydrogen (secondary N) is 1. The van der Waals surface area contributed by atoms with Gasteiger partial charge in [-0.25, -0.2) is 29.0 Å². The number of aromatic amines is 1. The Kier molecular flexibility index (Phi) is 10.5. The highest BCUT2D eigenvalue weighted by Gasteiger charge is 2.51. The number of cyclic esters (lactones) is 1. The zero-order valence-corrected chi connectivity index (χ0v) is 35.8. The number of aromatic nitrogens is 5. The molecule has 17 heteroatoms. The van der Waals surface area contributed by atoms with E-state index in [1.807, 2.05) is 32.9 Å². The van der Waals surface area contributed by atoms with Gasteiger partial charge in [-0.1, -0.05) is 39.8 Å². The summed E-state index contributed by atoms with van der Waals surface area (Å²) in [6, 6.07) is 16.6. The van der Waals surface area contributed by atoms with Crippen molar-refractivity contribution in [3.8, 4) is 45.7 Å². The van der Waals surface area contributed by atoms with Crippen molar-refractivity contribution in [2.45, 2.75) is 78.0 Å². The fourth-order valence-electron chi connectivity index (χ4n) is 9.24. The number of esters is 1. The highest BCUT2D eigenvalue weighted by molar-refractivity contribution is 5.90. The van der Waals surface area contributed by atoms with Gasteiger partial charge in [-0.15, -0.1) is 0 Å². The van der Waals surface area contributed by atoms with Crippen LogP contribution in [0.3, 0.4) is 0 Å². The number of carbonyl (C=O) groups excluding carboxylic acids is 3. The average Bonchev–Trinajstić information content (AvgIpc) is 3.85. The van der Waals surface area contributed by atoms with Crippen LogP contribution in [0.4, 0.5) is 4.79 Å². The van der Waals surface area contributed by atoms with Crippen molar-refractivity contribution in [1.82, 2.24) is 34.1 Å². The van der Waals surface area contributed by atoms with Gasteiger partial charge in [-0.3, -0.25) is 9.59 Å². The summed E-state index contributed by atoms with van der Waals surface area (Å²) in [5.74, 6) is -0.923. The summed E-state index contributed by atoms with van der Waals surface area (Å²) in [4.78, 5) is 76.0. The first-order valence-electron chi connectivity index (χ1n) is 21.4. The monoisotopic (exact) mass is 869 g/mol. The van der Waals surface area contributed by atoms with Gasteiger partial charge < -0.3 is 39.2 Å². The quantitative estimate of drug-likeness (QED) is 0.135. The van der Waals surface area contributed by atoms with E-state index in [-0.39, 0.29) is 109 Å². The summed E-state index contributed by atoms with van der Waals surface area (Å²) in [7, 11) is 0. The molecule has 2 amide bonds. The van der Waals surface area contributed by atoms with Crippen LogP contribution in [-0.2, 0) is 50.7 Å². The van der Waals surface area contributed by atoms with E-state index in [0.717, 1.165) is 22.1 Å². The van der Waals surface area contributed by atoms with E-state index in [9.17, 15) is 39.3 Å². The highest BCUT2D eigenvalue weighted by atomic mass is 16.6. The summed E-state index contributed by atoms with van der Waals surface area (Å²) in [6.45, 7) is 8.28. The molecule has 3 aliphatic heterocycles. The van der Waals surface area contributed by atoms with Crippen LogP contribution in [0.15, 0.2) is 70.3 Å². The molecule has 64 heavy (non-hydrogen) atoms. The molecule has 1 fully saturated rings. The molecule has 0 saturated carbocycles. The van der Waals surface area contributed by atoms with Crippen molar-refractivity contribution in [2.24, 2.45) is 0 Å². The lowest BCUT2D eigenvalue weighted by Gasteiger charge is -2.39. The van der Waals surface area contributed by atoms with Crippen molar-refractivity contribution in [3.05, 3.63) is 115 Å². The predicted octanol–water partition coefficient (Wildman–Crippen LogP) is 5.34. The van der Waals surface area contributed by atoms with Gasteiger partial charge in [0.25, 0.3) is 5.56 Å². The molecule has 1 unspecified atom stereocenters. The van der Waals surface area contributed by atoms with Gasteiger partial charge >= 0.3 is 17.8 Å². The number of carbonyl (C=O) groups is 3. The highest BCUT2D eigenvalue weighted by Crippen LogP contribution is 2.43. The predicted molar refractivity (Wildman–Crippen MR) is 233 cm³/mol. The molecule has 4 N–H and O–H groups in total. The fourth-order valence-corrected chi connectivity index (χ4v) is 9.24. The number of fused-ring (bicyclic) bond motifs is 5. The SMILES string of the molecule is CCc1c2c(nc3ccc(O)cc13)-c1cc3c(c(=O)n1C2)COC(=O)C3(CC)OC(=O)N1CCN(C(=O)CCc2ccc(-n3c(-c4cc(C(C)C)c(O)cc4O)n[nH]c3=O)cc2)CC1. The fraction of sp³-hybridized carbons (Fsp3) is 0.340. The number of nitrogens with zero attached hydrogens (tertiary/aromatic N) is 6. The topological polar surface area (TPSA) is 222 Å². The Hall–Kier alpha value is -7.43. The van der Waals surface area contributed by atoms with E-state index in [1.165, 1.54) is 15.5 Å². The zero-order chi connectivity index (χ0) is 45.2. The van der Waals surface area contributed by atoms with Crippen molar-refractivity contribution < 1.29 is 39.2 Å². The maximum Gasteiger partial charge on any atom is 0.411 e. The van der Waals surface area contributed by atoms with Crippen molar-refractivity contribution in [2.75, 3.05) is 26.2 Å². The number of pyridine rings is 2. The molecule has 9 rings (SSSR count). The standard InChI is InChI=1S/C47H47N7O10/c1-5-29-31-19-28(55)12-13-36(31)48-41-33(29)23-53-37(41)21-35-34(43(53)59)24-63-44(60)47(35,6-2)64-46(62)52-17-15-51(16-18-52)40(58)14-9-26-7-10-27(11-8-26)54-42(49-50-45(54)61)32-20-30(25(3)4)38(56)22-39(32)57/h7-8,10-13,19-22,25,55-57H,5-6,9,14-18,23-24H2,1-4H3,(H,50,61). The van der Waals surface area contributed by atoms with E-state index < -0.39 is 23.4 Å². The van der Waals surface area contributed by atoms with E-state index in [0.29, 0.717) is 41.0 Å². The molecular weight excluding hydrogens is 823 g/mol. The van der Waals surface area contributed by atoms with Crippen LogP contribution < -0.4 is 11.2 Å². The van der Waals surface area contributed by atoms with Crippen LogP contribution in [0, 0.1) is 0 Å². The van der Waals surface area contributed by atoms with E-state index in [2.05, 4.69) is 10.2 Å². The third kappa shape index (κ3) is 6.91. The molecular formula is C47H47N7O10. The maximum atomic E-state index is 14.1. The molecule has 3 aromatic heterocycles. The minimum atomic E-state index is -1.89. The smallest absolute Gasteiger partial charge is 0.411 e. The average molecular weight is 870 g/mol. The van der Waals surface area contributed by atoms with Crippen LogP contribution in [0.1, 0.15) is 79.8 Å². The van der Waals surface area contributed by atoms with Crippen molar-refractivity contribution in [3.63, 3.8) is 0 Å². The minimum Gasteiger partial charge on any atom is -0.508 e. The number of aromatic hydroxyl groups is 3. The summed E-state index contributed by atoms with van der Waals surface area (Å²) < 4.78 is 14.6. The number of ether oxygens (including phenoxy) is 2. The van der Waals surface area contributed by atoms with Gasteiger partial charge in [0.05, 0.1) is 40.3 Å². The molecule has 0 bridgehead atoms. The lowest BCUT2D eigenvalue weighted by atomic mass is 9.85. The number of phenols is 3. The maximum absolute atomic E-state index is 14.1. The number of H-pyrrole nitrogens is 1. The van der Waals surface area contributed by atoms with E-state index in [4.69, 9.17) is 14.5 Å². The number of aryl methyl sites for hydroxylation is 2. The van der Waals surface area contributed by atoms with Gasteiger partial charge in [0.2, 0.25) is 11.5 Å². The molecule has 0 aliphatic carbocycles. The Morgan fingerprint density at radius 1 is 0.906 bits per heavy atom. The van der Waals surface area contributed by atoms with Crippen LogP contribution in [0.5, 0.6) is 17.2 Å². The normalized spacial score (nSPS) is 16.7. The van der Waals surface area contributed by atoms with Gasteiger partial charge in [0.1, 0.15) is 23.9 Å². The summed E-state index contributed by atoms with van der Waals surface area (Å²) in [6.07, 6.45) is 0.476. The Balaban J connectivity index is 0.865. The van der Waals surface area contributed by atoms with Crippen LogP contribution >= 0.6 is 0 Å². The minimum absolute atomic E-state index is 0.00547. The van der Waals surface area contributed by atoms with Gasteiger partial charge in [-0.2, -0.15) is 5.10 Å². The first-order valence-corrected chi connectivity index (χ1v) is 21.4. The van der Waals surface area contributed by atoms with E-state index in [1.54, 1.807) is 58.9 Å². The second-order valence-electron chi connectivity index (χ2n) is 16.7. The summed E-state index contributed by atoms with van der Waals surface area (Å²) >= 11 is 0. The third-order valence-corrected chi connectivity index (χ3v) is 12.8. The number of benzene rings is 3. The summed E-state index contributed by atoms with van der Waals surface area (Å²) in [5, 5.41) is 38.6. The molecule has 1 atom stereocenters. The molecule has 17 nitrogen and oxygen atoms in total. The van der Waals surface area contributed by atoms with Crippen LogP contribution in [-0.4, -0.2) is 93.6 Å². The largest absolute Gasteiger partial charge is 0.508 e. The molecule has 0 spiro atoms.